The molecule has 2 aromatic rings. The molecule has 1 atom stereocenters. The maximum absolute atomic E-state index is 13.8. The Morgan fingerprint density at radius 3 is 3.06 bits per heavy atom. The zero-order valence-electron chi connectivity index (χ0n) is 9.75. The van der Waals surface area contributed by atoms with Gasteiger partial charge in [0, 0.05) is 9.35 Å². The highest BCUT2D eigenvalue weighted by Crippen LogP contribution is 2.37. The van der Waals surface area contributed by atoms with E-state index in [-0.39, 0.29) is 11.9 Å². The lowest BCUT2D eigenvalue weighted by Gasteiger charge is -2.25. The maximum atomic E-state index is 13.8. The van der Waals surface area contributed by atoms with Crippen molar-refractivity contribution in [3.05, 3.63) is 50.4 Å². The molecule has 1 nitrogen and oxygen atoms in total. The zero-order valence-corrected chi connectivity index (χ0v) is 12.2. The van der Waals surface area contributed by atoms with Gasteiger partial charge in [0.2, 0.25) is 0 Å². The van der Waals surface area contributed by atoms with E-state index < -0.39 is 0 Å². The molecular weight excluding hydrogens is 313 g/mol. The quantitative estimate of drug-likeness (QED) is 0.806. The second-order valence-corrected chi connectivity index (χ2v) is 6.34. The van der Waals surface area contributed by atoms with E-state index in [0.717, 1.165) is 23.7 Å². The van der Waals surface area contributed by atoms with Gasteiger partial charge in [0.25, 0.3) is 0 Å². The molecular formula is C14H13BrFNS. The molecule has 1 aromatic heterocycles. The van der Waals surface area contributed by atoms with E-state index in [1.807, 2.05) is 6.07 Å². The Bertz CT molecular complexity index is 546. The van der Waals surface area contributed by atoms with Gasteiger partial charge in [0.15, 0.2) is 0 Å². The third-order valence-electron chi connectivity index (χ3n) is 3.33. The van der Waals surface area contributed by atoms with E-state index in [2.05, 4.69) is 32.7 Å². The summed E-state index contributed by atoms with van der Waals surface area (Å²) in [4.78, 5) is 1.44. The molecule has 3 rings (SSSR count). The number of aryl methyl sites for hydroxylation is 1. The molecule has 0 spiro atoms. The van der Waals surface area contributed by atoms with Crippen LogP contribution in [0.3, 0.4) is 0 Å². The van der Waals surface area contributed by atoms with Gasteiger partial charge in [0.05, 0.1) is 11.7 Å². The number of thiophene rings is 1. The summed E-state index contributed by atoms with van der Waals surface area (Å²) in [6.45, 7) is 0. The molecule has 1 aliphatic carbocycles. The molecule has 0 aliphatic heterocycles. The van der Waals surface area contributed by atoms with Gasteiger partial charge in [-0.15, -0.1) is 11.3 Å². The molecule has 0 radical (unpaired) electrons. The SMILES string of the molecule is Fc1cccc(Br)c1NC1CCCc2sccc21. The van der Waals surface area contributed by atoms with Crippen LogP contribution >= 0.6 is 27.3 Å². The minimum atomic E-state index is -0.202. The molecule has 0 amide bonds. The van der Waals surface area contributed by atoms with E-state index in [0.29, 0.717) is 5.69 Å². The standard InChI is InChI=1S/C14H13BrFNS/c15-10-3-1-4-11(16)14(10)17-12-5-2-6-13-9(12)7-8-18-13/h1,3-4,7-8,12,17H,2,5-6H2. The fourth-order valence-electron chi connectivity index (χ4n) is 2.45. The molecule has 1 heterocycles. The first-order valence-electron chi connectivity index (χ1n) is 6.02. The number of hydrogen-bond donors (Lipinski definition) is 1. The summed E-state index contributed by atoms with van der Waals surface area (Å²) in [6.07, 6.45) is 3.38. The van der Waals surface area contributed by atoms with Crippen molar-refractivity contribution in [1.29, 1.82) is 0 Å². The van der Waals surface area contributed by atoms with E-state index in [1.165, 1.54) is 16.5 Å². The van der Waals surface area contributed by atoms with Crippen molar-refractivity contribution in [2.45, 2.75) is 25.3 Å². The Morgan fingerprint density at radius 2 is 2.22 bits per heavy atom. The van der Waals surface area contributed by atoms with Crippen LogP contribution in [0, 0.1) is 5.82 Å². The molecule has 1 aromatic carbocycles. The number of benzene rings is 1. The molecule has 0 saturated heterocycles. The number of rotatable bonds is 2. The van der Waals surface area contributed by atoms with Gasteiger partial charge in [-0.25, -0.2) is 4.39 Å². The van der Waals surface area contributed by atoms with Crippen molar-refractivity contribution in [2.24, 2.45) is 0 Å². The van der Waals surface area contributed by atoms with Crippen LogP contribution in [0.2, 0.25) is 0 Å². The van der Waals surface area contributed by atoms with Crippen LogP contribution in [0.4, 0.5) is 10.1 Å². The normalized spacial score (nSPS) is 18.4. The Kier molecular flexibility index (Phi) is 3.39. The van der Waals surface area contributed by atoms with Gasteiger partial charge < -0.3 is 5.32 Å². The highest BCUT2D eigenvalue weighted by Gasteiger charge is 2.22. The van der Waals surface area contributed by atoms with Crippen molar-refractivity contribution in [3.8, 4) is 0 Å². The van der Waals surface area contributed by atoms with E-state index in [4.69, 9.17) is 0 Å². The van der Waals surface area contributed by atoms with Gasteiger partial charge >= 0.3 is 0 Å². The average molecular weight is 326 g/mol. The van der Waals surface area contributed by atoms with Gasteiger partial charge in [-0.2, -0.15) is 0 Å². The Labute approximate surface area is 118 Å². The highest BCUT2D eigenvalue weighted by molar-refractivity contribution is 9.10. The Balaban J connectivity index is 1.91. The fraction of sp³-hybridized carbons (Fsp3) is 0.286. The summed E-state index contributed by atoms with van der Waals surface area (Å²) in [7, 11) is 0. The van der Waals surface area contributed by atoms with Crippen LogP contribution in [-0.4, -0.2) is 0 Å². The number of fused-ring (bicyclic) bond motifs is 1. The van der Waals surface area contributed by atoms with E-state index >= 15 is 0 Å². The van der Waals surface area contributed by atoms with Crippen molar-refractivity contribution in [1.82, 2.24) is 0 Å². The minimum Gasteiger partial charge on any atom is -0.375 e. The van der Waals surface area contributed by atoms with Gasteiger partial charge in [0.1, 0.15) is 5.82 Å². The second-order valence-electron chi connectivity index (χ2n) is 4.48. The number of halogens is 2. The Hall–Kier alpha value is -0.870. The number of anilines is 1. The molecule has 1 aliphatic rings. The summed E-state index contributed by atoms with van der Waals surface area (Å²) in [5, 5.41) is 5.47. The first kappa shape index (κ1) is 12.2. The van der Waals surface area contributed by atoms with Crippen molar-refractivity contribution in [2.75, 3.05) is 5.32 Å². The van der Waals surface area contributed by atoms with Crippen LogP contribution < -0.4 is 5.32 Å². The zero-order chi connectivity index (χ0) is 12.5. The average Bonchev–Trinajstić information content (AvgIpc) is 2.83. The first-order valence-corrected chi connectivity index (χ1v) is 7.70. The van der Waals surface area contributed by atoms with Crippen molar-refractivity contribution >= 4 is 33.0 Å². The summed E-state index contributed by atoms with van der Waals surface area (Å²) in [6, 6.07) is 7.45. The lowest BCUT2D eigenvalue weighted by molar-refractivity contribution is 0.591. The predicted octanol–water partition coefficient (Wildman–Crippen LogP) is 5.14. The third kappa shape index (κ3) is 2.19. The number of nitrogens with one attached hydrogen (secondary N) is 1. The van der Waals surface area contributed by atoms with Crippen molar-refractivity contribution in [3.63, 3.8) is 0 Å². The smallest absolute Gasteiger partial charge is 0.147 e. The molecule has 94 valence electrons. The van der Waals surface area contributed by atoms with E-state index in [9.17, 15) is 4.39 Å². The molecule has 0 fully saturated rings. The predicted molar refractivity (Wildman–Crippen MR) is 77.7 cm³/mol. The summed E-state index contributed by atoms with van der Waals surface area (Å²) in [5.41, 5.74) is 1.91. The van der Waals surface area contributed by atoms with Gasteiger partial charge in [-0.05, 0) is 64.3 Å². The van der Waals surface area contributed by atoms with Crippen LogP contribution in [-0.2, 0) is 6.42 Å². The largest absolute Gasteiger partial charge is 0.375 e. The van der Waals surface area contributed by atoms with Crippen LogP contribution in [0.1, 0.15) is 29.3 Å². The second kappa shape index (κ2) is 5.02. The third-order valence-corrected chi connectivity index (χ3v) is 4.99. The maximum Gasteiger partial charge on any atom is 0.147 e. The van der Waals surface area contributed by atoms with Crippen LogP contribution in [0.25, 0.3) is 0 Å². The van der Waals surface area contributed by atoms with Crippen LogP contribution in [0.5, 0.6) is 0 Å². The lowest BCUT2D eigenvalue weighted by atomic mass is 9.94. The van der Waals surface area contributed by atoms with Crippen molar-refractivity contribution < 1.29 is 4.39 Å². The molecule has 1 N–H and O–H groups in total. The highest BCUT2D eigenvalue weighted by atomic mass is 79.9. The topological polar surface area (TPSA) is 12.0 Å². The lowest BCUT2D eigenvalue weighted by Crippen LogP contribution is -2.16. The molecule has 0 bridgehead atoms. The fourth-order valence-corrected chi connectivity index (χ4v) is 3.89. The van der Waals surface area contributed by atoms with Gasteiger partial charge in [-0.3, -0.25) is 0 Å². The summed E-state index contributed by atoms with van der Waals surface area (Å²) < 4.78 is 14.6. The monoisotopic (exact) mass is 325 g/mol. The molecule has 4 heteroatoms. The number of para-hydroxylation sites is 1. The minimum absolute atomic E-state index is 0.202. The molecule has 1 unspecified atom stereocenters. The molecule has 18 heavy (non-hydrogen) atoms. The molecule has 0 saturated carbocycles. The van der Waals surface area contributed by atoms with Crippen LogP contribution in [0.15, 0.2) is 34.1 Å². The summed E-state index contributed by atoms with van der Waals surface area (Å²) in [5.74, 6) is -0.202. The number of hydrogen-bond acceptors (Lipinski definition) is 2. The summed E-state index contributed by atoms with van der Waals surface area (Å²) >= 11 is 5.21. The van der Waals surface area contributed by atoms with Gasteiger partial charge in [-0.1, -0.05) is 6.07 Å². The first-order chi connectivity index (χ1) is 8.75. The van der Waals surface area contributed by atoms with E-state index in [1.54, 1.807) is 17.4 Å². The Morgan fingerprint density at radius 1 is 1.33 bits per heavy atom.